The first kappa shape index (κ1) is 14.8. The first-order valence-corrected chi connectivity index (χ1v) is 8.28. The smallest absolute Gasteiger partial charge is 0.275 e. The fraction of sp³-hybridized carbons (Fsp3) is 0.562. The van der Waals surface area contributed by atoms with Gasteiger partial charge in [0.1, 0.15) is 32.7 Å². The molecule has 1 aliphatic heterocycles. The zero-order valence-corrected chi connectivity index (χ0v) is 13.1. The summed E-state index contributed by atoms with van der Waals surface area (Å²) in [6, 6.07) is 8.61. The summed E-state index contributed by atoms with van der Waals surface area (Å²) in [4.78, 5) is 14.8. The van der Waals surface area contributed by atoms with Crippen LogP contribution in [0.1, 0.15) is 18.4 Å². The Hall–Kier alpha value is -1.10. The first-order valence-electron chi connectivity index (χ1n) is 7.90. The molecule has 0 spiro atoms. The van der Waals surface area contributed by atoms with E-state index in [4.69, 9.17) is 11.6 Å². The van der Waals surface area contributed by atoms with Gasteiger partial charge in [-0.1, -0.05) is 23.7 Å². The van der Waals surface area contributed by atoms with Gasteiger partial charge < -0.3 is 15.1 Å². The van der Waals surface area contributed by atoms with Crippen LogP contribution in [0.3, 0.4) is 0 Å². The van der Waals surface area contributed by atoms with Crippen molar-refractivity contribution in [2.75, 3.05) is 32.7 Å². The summed E-state index contributed by atoms with van der Waals surface area (Å²) < 4.78 is 0. The predicted molar refractivity (Wildman–Crippen MR) is 82.6 cm³/mol. The summed E-state index contributed by atoms with van der Waals surface area (Å²) in [6.07, 6.45) is 2.33. The maximum absolute atomic E-state index is 11.8. The van der Waals surface area contributed by atoms with Crippen molar-refractivity contribution in [2.24, 2.45) is 0 Å². The summed E-state index contributed by atoms with van der Waals surface area (Å²) in [5.41, 5.74) is 1.34. The highest BCUT2D eigenvalue weighted by molar-refractivity contribution is 6.30. The molecule has 3 rings (SSSR count). The molecule has 1 amide bonds. The molecule has 2 fully saturated rings. The van der Waals surface area contributed by atoms with E-state index in [1.165, 1.54) is 23.3 Å². The molecule has 0 aromatic heterocycles. The Morgan fingerprint density at radius 3 is 2.33 bits per heavy atom. The van der Waals surface area contributed by atoms with Crippen LogP contribution in [-0.2, 0) is 11.3 Å². The van der Waals surface area contributed by atoms with E-state index in [1.807, 2.05) is 12.1 Å². The number of amides is 1. The number of piperazine rings is 1. The predicted octanol–water partition coefficient (Wildman–Crippen LogP) is -1.10. The lowest BCUT2D eigenvalue weighted by molar-refractivity contribution is -1.02. The van der Waals surface area contributed by atoms with Gasteiger partial charge >= 0.3 is 0 Å². The first-order chi connectivity index (χ1) is 10.2. The zero-order valence-electron chi connectivity index (χ0n) is 12.3. The molecule has 4 nitrogen and oxygen atoms in total. The highest BCUT2D eigenvalue weighted by Crippen LogP contribution is 2.17. The van der Waals surface area contributed by atoms with E-state index in [-0.39, 0.29) is 5.91 Å². The third kappa shape index (κ3) is 4.70. The van der Waals surface area contributed by atoms with Gasteiger partial charge in [0.15, 0.2) is 6.54 Å². The van der Waals surface area contributed by atoms with Crippen molar-refractivity contribution < 1.29 is 14.6 Å². The molecule has 114 valence electrons. The second-order valence-corrected chi connectivity index (χ2v) is 6.76. The fourth-order valence-electron chi connectivity index (χ4n) is 2.94. The van der Waals surface area contributed by atoms with Crippen LogP contribution in [0.4, 0.5) is 0 Å². The Kier molecular flexibility index (Phi) is 4.78. The van der Waals surface area contributed by atoms with E-state index in [1.54, 1.807) is 4.90 Å². The topological polar surface area (TPSA) is 38.0 Å². The minimum Gasteiger partial charge on any atom is -0.348 e. The second kappa shape index (κ2) is 6.77. The average Bonchev–Trinajstić information content (AvgIpc) is 3.27. The summed E-state index contributed by atoms with van der Waals surface area (Å²) in [7, 11) is 0. The van der Waals surface area contributed by atoms with E-state index >= 15 is 0 Å². The van der Waals surface area contributed by atoms with Crippen molar-refractivity contribution >= 4 is 17.5 Å². The fourth-order valence-corrected chi connectivity index (χ4v) is 3.06. The monoisotopic (exact) mass is 309 g/mol. The van der Waals surface area contributed by atoms with Gasteiger partial charge in [0.25, 0.3) is 5.91 Å². The van der Waals surface area contributed by atoms with Gasteiger partial charge in [-0.15, -0.1) is 0 Å². The third-order valence-electron chi connectivity index (χ3n) is 4.38. The number of hydrogen-bond donors (Lipinski definition) is 3. The molecule has 1 aromatic rings. The van der Waals surface area contributed by atoms with Gasteiger partial charge in [0.2, 0.25) is 0 Å². The van der Waals surface area contributed by atoms with E-state index < -0.39 is 0 Å². The lowest BCUT2D eigenvalue weighted by Crippen LogP contribution is -3.28. The summed E-state index contributed by atoms with van der Waals surface area (Å²) in [5.74, 6) is 0.230. The Bertz CT molecular complexity index is 479. The molecule has 1 saturated heterocycles. The Labute approximate surface area is 131 Å². The highest BCUT2D eigenvalue weighted by Gasteiger charge is 2.28. The van der Waals surface area contributed by atoms with Crippen molar-refractivity contribution in [1.29, 1.82) is 0 Å². The second-order valence-electron chi connectivity index (χ2n) is 6.32. The zero-order chi connectivity index (χ0) is 14.7. The molecule has 2 aliphatic rings. The van der Waals surface area contributed by atoms with Gasteiger partial charge in [-0.25, -0.2) is 0 Å². The Morgan fingerprint density at radius 2 is 1.71 bits per heavy atom. The number of nitrogens with one attached hydrogen (secondary N) is 3. The van der Waals surface area contributed by atoms with Crippen LogP contribution < -0.4 is 15.1 Å². The molecule has 5 heteroatoms. The minimum atomic E-state index is 0.230. The van der Waals surface area contributed by atoms with Gasteiger partial charge in [-0.3, -0.25) is 4.79 Å². The number of halogens is 1. The molecular formula is C16H24ClN3O+2. The van der Waals surface area contributed by atoms with Crippen LogP contribution in [0.2, 0.25) is 5.02 Å². The Balaban J connectivity index is 1.40. The average molecular weight is 310 g/mol. The van der Waals surface area contributed by atoms with Crippen molar-refractivity contribution in [2.45, 2.75) is 25.4 Å². The number of hydrogen-bond acceptors (Lipinski definition) is 1. The summed E-state index contributed by atoms with van der Waals surface area (Å²) in [6.45, 7) is 6.13. The van der Waals surface area contributed by atoms with Crippen molar-refractivity contribution in [3.05, 3.63) is 34.9 Å². The molecule has 0 radical (unpaired) electrons. The van der Waals surface area contributed by atoms with Crippen LogP contribution in [-0.4, -0.2) is 44.7 Å². The lowest BCUT2D eigenvalue weighted by Gasteiger charge is -2.29. The van der Waals surface area contributed by atoms with Crippen molar-refractivity contribution in [3.63, 3.8) is 0 Å². The summed E-state index contributed by atoms with van der Waals surface area (Å²) in [5, 5.41) is 3.87. The minimum absolute atomic E-state index is 0.230. The third-order valence-corrected chi connectivity index (χ3v) is 4.64. The quantitative estimate of drug-likeness (QED) is 0.635. The number of carbonyl (C=O) groups excluding carboxylic acids is 1. The molecule has 0 unspecified atom stereocenters. The molecule has 1 aliphatic carbocycles. The summed E-state index contributed by atoms with van der Waals surface area (Å²) >= 11 is 5.91. The molecule has 0 bridgehead atoms. The van der Waals surface area contributed by atoms with Crippen LogP contribution in [0.5, 0.6) is 0 Å². The standard InChI is InChI=1S/C16H22ClN3O/c17-14-3-1-13(2-4-14)11-19-7-9-20(10-8-19)12-16(21)18-15-5-6-15/h1-4,15H,5-12H2,(H,18,21)/p+2. The number of rotatable bonds is 5. The lowest BCUT2D eigenvalue weighted by atomic mass is 10.2. The van der Waals surface area contributed by atoms with E-state index in [0.29, 0.717) is 12.6 Å². The van der Waals surface area contributed by atoms with Gasteiger partial charge in [-0.05, 0) is 25.0 Å². The molecule has 1 aromatic carbocycles. The van der Waals surface area contributed by atoms with Crippen LogP contribution in [0.15, 0.2) is 24.3 Å². The number of quaternary nitrogens is 2. The van der Waals surface area contributed by atoms with E-state index in [0.717, 1.165) is 37.7 Å². The van der Waals surface area contributed by atoms with E-state index in [9.17, 15) is 4.79 Å². The molecule has 21 heavy (non-hydrogen) atoms. The van der Waals surface area contributed by atoms with Gasteiger partial charge in [0.05, 0.1) is 0 Å². The van der Waals surface area contributed by atoms with Crippen LogP contribution >= 0.6 is 11.6 Å². The number of carbonyl (C=O) groups is 1. The molecule has 1 saturated carbocycles. The highest BCUT2D eigenvalue weighted by atomic mass is 35.5. The molecule has 3 N–H and O–H groups in total. The van der Waals surface area contributed by atoms with Crippen molar-refractivity contribution in [1.82, 2.24) is 5.32 Å². The molecule has 0 atom stereocenters. The van der Waals surface area contributed by atoms with Crippen LogP contribution in [0.25, 0.3) is 0 Å². The number of benzene rings is 1. The van der Waals surface area contributed by atoms with Gasteiger partial charge in [-0.2, -0.15) is 0 Å². The van der Waals surface area contributed by atoms with Crippen LogP contribution in [0, 0.1) is 0 Å². The largest absolute Gasteiger partial charge is 0.348 e. The molecular weight excluding hydrogens is 286 g/mol. The maximum Gasteiger partial charge on any atom is 0.275 e. The molecule has 1 heterocycles. The normalized spacial score (nSPS) is 25.6. The van der Waals surface area contributed by atoms with E-state index in [2.05, 4.69) is 17.4 Å². The SMILES string of the molecule is O=C(C[NH+]1CC[NH+](Cc2ccc(Cl)cc2)CC1)NC1CC1. The van der Waals surface area contributed by atoms with Gasteiger partial charge in [0, 0.05) is 16.6 Å². The Morgan fingerprint density at radius 1 is 1.10 bits per heavy atom. The van der Waals surface area contributed by atoms with Crippen molar-refractivity contribution in [3.8, 4) is 0 Å². The maximum atomic E-state index is 11.8.